The molecule has 1 fully saturated rings. The molecule has 0 bridgehead atoms. The van der Waals surface area contributed by atoms with E-state index in [1.807, 2.05) is 13.0 Å². The van der Waals surface area contributed by atoms with Crippen molar-refractivity contribution in [3.05, 3.63) is 5.01 Å². The maximum atomic E-state index is 11.5. The molecular weight excluding hydrogens is 200 g/mol. The molecule has 1 aliphatic rings. The number of carbonyl (C=O) groups is 1. The van der Waals surface area contributed by atoms with Crippen LogP contribution in [0.3, 0.4) is 0 Å². The van der Waals surface area contributed by atoms with Crippen LogP contribution >= 0.6 is 11.3 Å². The zero-order chi connectivity index (χ0) is 10.2. The molecule has 1 aromatic rings. The van der Waals surface area contributed by atoms with E-state index in [0.717, 1.165) is 5.01 Å². The number of hydrogen-bond acceptors (Lipinski definition) is 5. The van der Waals surface area contributed by atoms with E-state index < -0.39 is 5.41 Å². The van der Waals surface area contributed by atoms with Crippen molar-refractivity contribution < 1.29 is 4.79 Å². The van der Waals surface area contributed by atoms with E-state index in [1.54, 1.807) is 0 Å². The third-order valence-corrected chi connectivity index (χ3v) is 2.90. The Hall–Kier alpha value is -1.48. The van der Waals surface area contributed by atoms with Crippen LogP contribution in [-0.2, 0) is 4.79 Å². The number of aryl methyl sites for hydroxylation is 1. The normalized spacial score (nSPS) is 17.1. The Morgan fingerprint density at radius 2 is 2.36 bits per heavy atom. The highest BCUT2D eigenvalue weighted by Gasteiger charge is 2.50. The third-order valence-electron chi connectivity index (χ3n) is 2.15. The monoisotopic (exact) mass is 208 g/mol. The molecule has 6 heteroatoms. The summed E-state index contributed by atoms with van der Waals surface area (Å²) in [7, 11) is 0. The topological polar surface area (TPSA) is 78.7 Å². The number of anilines is 1. The molecule has 1 N–H and O–H groups in total. The minimum Gasteiger partial charge on any atom is -0.299 e. The first-order valence-corrected chi connectivity index (χ1v) is 5.01. The van der Waals surface area contributed by atoms with Crippen LogP contribution in [-0.4, -0.2) is 16.1 Å². The van der Waals surface area contributed by atoms with Crippen LogP contribution in [0, 0.1) is 23.7 Å². The molecule has 1 saturated carbocycles. The van der Waals surface area contributed by atoms with Gasteiger partial charge in [0, 0.05) is 0 Å². The van der Waals surface area contributed by atoms with Gasteiger partial charge in [-0.15, -0.1) is 10.2 Å². The van der Waals surface area contributed by atoms with E-state index >= 15 is 0 Å². The zero-order valence-corrected chi connectivity index (χ0v) is 8.39. The van der Waals surface area contributed by atoms with Crippen molar-refractivity contribution in [1.29, 1.82) is 5.26 Å². The molecule has 0 aromatic carbocycles. The molecule has 2 rings (SSSR count). The van der Waals surface area contributed by atoms with Crippen LogP contribution < -0.4 is 5.32 Å². The summed E-state index contributed by atoms with van der Waals surface area (Å²) in [5.74, 6) is -0.254. The lowest BCUT2D eigenvalue weighted by molar-refractivity contribution is -0.119. The highest BCUT2D eigenvalue weighted by Crippen LogP contribution is 2.45. The number of aromatic nitrogens is 2. The van der Waals surface area contributed by atoms with Gasteiger partial charge in [-0.2, -0.15) is 5.26 Å². The first kappa shape index (κ1) is 9.09. The predicted molar refractivity (Wildman–Crippen MR) is 50.6 cm³/mol. The van der Waals surface area contributed by atoms with Gasteiger partial charge in [-0.25, -0.2) is 0 Å². The highest BCUT2D eigenvalue weighted by molar-refractivity contribution is 7.15. The van der Waals surface area contributed by atoms with Gasteiger partial charge < -0.3 is 0 Å². The van der Waals surface area contributed by atoms with E-state index in [4.69, 9.17) is 5.26 Å². The fourth-order valence-corrected chi connectivity index (χ4v) is 1.67. The van der Waals surface area contributed by atoms with E-state index in [0.29, 0.717) is 18.0 Å². The van der Waals surface area contributed by atoms with E-state index in [1.165, 1.54) is 11.3 Å². The Bertz CT molecular complexity index is 415. The summed E-state index contributed by atoms with van der Waals surface area (Å²) in [5, 5.41) is 20.2. The number of hydrogen-bond donors (Lipinski definition) is 1. The van der Waals surface area contributed by atoms with Crippen LogP contribution in [0.1, 0.15) is 17.8 Å². The third kappa shape index (κ3) is 1.46. The molecule has 0 unspecified atom stereocenters. The Kier molecular flexibility index (Phi) is 1.97. The Morgan fingerprint density at radius 1 is 1.64 bits per heavy atom. The van der Waals surface area contributed by atoms with Crippen molar-refractivity contribution in [3.63, 3.8) is 0 Å². The second kappa shape index (κ2) is 3.03. The largest absolute Gasteiger partial charge is 0.299 e. The van der Waals surface area contributed by atoms with Crippen molar-refractivity contribution in [2.75, 3.05) is 5.32 Å². The summed E-state index contributed by atoms with van der Waals surface area (Å²) in [4.78, 5) is 11.5. The molecule has 14 heavy (non-hydrogen) atoms. The molecular formula is C8H8N4OS. The molecule has 72 valence electrons. The van der Waals surface area contributed by atoms with E-state index in [9.17, 15) is 4.79 Å². The first-order chi connectivity index (χ1) is 6.66. The van der Waals surface area contributed by atoms with Crippen LogP contribution in [0.4, 0.5) is 5.13 Å². The van der Waals surface area contributed by atoms with Gasteiger partial charge in [0.1, 0.15) is 10.4 Å². The molecule has 5 nitrogen and oxygen atoms in total. The Labute approximate surface area is 84.8 Å². The fraction of sp³-hybridized carbons (Fsp3) is 0.500. The first-order valence-electron chi connectivity index (χ1n) is 4.19. The van der Waals surface area contributed by atoms with E-state index in [-0.39, 0.29) is 5.91 Å². The number of nitrogens with one attached hydrogen (secondary N) is 1. The maximum absolute atomic E-state index is 11.5. The van der Waals surface area contributed by atoms with Crippen LogP contribution in [0.25, 0.3) is 0 Å². The summed E-state index contributed by atoms with van der Waals surface area (Å²) in [6, 6.07) is 2.02. The zero-order valence-electron chi connectivity index (χ0n) is 7.57. The van der Waals surface area contributed by atoms with Gasteiger partial charge in [0.2, 0.25) is 11.0 Å². The van der Waals surface area contributed by atoms with Crippen molar-refractivity contribution in [1.82, 2.24) is 10.2 Å². The minimum absolute atomic E-state index is 0.254. The molecule has 0 saturated heterocycles. The Balaban J connectivity index is 2.06. The summed E-state index contributed by atoms with van der Waals surface area (Å²) in [5.41, 5.74) is -0.792. The van der Waals surface area contributed by atoms with Crippen molar-refractivity contribution in [2.45, 2.75) is 19.8 Å². The van der Waals surface area contributed by atoms with Crippen molar-refractivity contribution in [3.8, 4) is 6.07 Å². The lowest BCUT2D eigenvalue weighted by atomic mass is 10.1. The second-order valence-corrected chi connectivity index (χ2v) is 4.46. The molecule has 1 aromatic heterocycles. The van der Waals surface area contributed by atoms with Gasteiger partial charge in [-0.05, 0) is 19.8 Å². The van der Waals surface area contributed by atoms with Gasteiger partial charge >= 0.3 is 0 Å². The molecule has 1 aliphatic carbocycles. The molecule has 0 aliphatic heterocycles. The maximum Gasteiger partial charge on any atom is 0.246 e. The Morgan fingerprint density at radius 3 is 2.79 bits per heavy atom. The number of nitriles is 1. The minimum atomic E-state index is -0.792. The quantitative estimate of drug-likeness (QED) is 0.789. The van der Waals surface area contributed by atoms with Crippen LogP contribution in [0.2, 0.25) is 0 Å². The summed E-state index contributed by atoms with van der Waals surface area (Å²) >= 11 is 1.31. The number of amides is 1. The van der Waals surface area contributed by atoms with E-state index in [2.05, 4.69) is 15.5 Å². The standard InChI is InChI=1S/C8H8N4OS/c1-5-11-12-7(14-5)10-6(13)8(4-9)2-3-8/h2-3H2,1H3,(H,10,12,13). The summed E-state index contributed by atoms with van der Waals surface area (Å²) in [6.07, 6.45) is 1.29. The summed E-state index contributed by atoms with van der Waals surface area (Å²) in [6.45, 7) is 1.81. The van der Waals surface area contributed by atoms with Gasteiger partial charge in [0.25, 0.3) is 0 Å². The SMILES string of the molecule is Cc1nnc(NC(=O)C2(C#N)CC2)s1. The lowest BCUT2D eigenvalue weighted by Crippen LogP contribution is -2.22. The molecule has 0 radical (unpaired) electrons. The second-order valence-electron chi connectivity index (χ2n) is 3.27. The molecule has 0 atom stereocenters. The predicted octanol–water partition coefficient (Wildman–Crippen LogP) is 1.09. The van der Waals surface area contributed by atoms with Crippen molar-refractivity contribution in [2.24, 2.45) is 5.41 Å². The molecule has 1 heterocycles. The number of rotatable bonds is 2. The lowest BCUT2D eigenvalue weighted by Gasteiger charge is -2.03. The van der Waals surface area contributed by atoms with Crippen LogP contribution in [0.5, 0.6) is 0 Å². The number of nitrogens with zero attached hydrogens (tertiary/aromatic N) is 3. The fourth-order valence-electron chi connectivity index (χ4n) is 1.08. The molecule has 1 amide bonds. The van der Waals surface area contributed by atoms with Gasteiger partial charge in [0.15, 0.2) is 0 Å². The summed E-state index contributed by atoms with van der Waals surface area (Å²) < 4.78 is 0. The highest BCUT2D eigenvalue weighted by atomic mass is 32.1. The number of carbonyl (C=O) groups excluding carboxylic acids is 1. The van der Waals surface area contributed by atoms with Gasteiger partial charge in [-0.3, -0.25) is 10.1 Å². The molecule has 0 spiro atoms. The smallest absolute Gasteiger partial charge is 0.246 e. The van der Waals surface area contributed by atoms with Gasteiger partial charge in [0.05, 0.1) is 6.07 Å². The average Bonchev–Trinajstić information content (AvgIpc) is 2.87. The average molecular weight is 208 g/mol. The van der Waals surface area contributed by atoms with Crippen molar-refractivity contribution >= 4 is 22.4 Å². The van der Waals surface area contributed by atoms with Gasteiger partial charge in [-0.1, -0.05) is 11.3 Å². The van der Waals surface area contributed by atoms with Crippen LogP contribution in [0.15, 0.2) is 0 Å².